The molecule has 6 nitrogen and oxygen atoms in total. The molecule has 6 heteroatoms. The lowest BCUT2D eigenvalue weighted by Crippen LogP contribution is -2.11. The fraction of sp³-hybridized carbons (Fsp3) is 0.214. The number of hydrogen-bond acceptors (Lipinski definition) is 6. The van der Waals surface area contributed by atoms with Crippen molar-refractivity contribution in [3.8, 4) is 22.6 Å². The van der Waals surface area contributed by atoms with Gasteiger partial charge in [0, 0.05) is 11.1 Å². The number of esters is 2. The summed E-state index contributed by atoms with van der Waals surface area (Å²) in [5.41, 5.74) is 1.66. The number of carbonyl (C=O) groups is 2. The Kier molecular flexibility index (Phi) is 6.16. The summed E-state index contributed by atoms with van der Waals surface area (Å²) in [5, 5.41) is 24.4. The van der Waals surface area contributed by atoms with Gasteiger partial charge in [-0.15, -0.1) is 0 Å². The largest absolute Gasteiger partial charge is 0.507 e. The highest BCUT2D eigenvalue weighted by atomic mass is 16.5. The first-order valence-electron chi connectivity index (χ1n) is 11.1. The maximum atomic E-state index is 12.4. The molecule has 174 valence electrons. The van der Waals surface area contributed by atoms with Gasteiger partial charge in [-0.1, -0.05) is 24.3 Å². The third-order valence-electron chi connectivity index (χ3n) is 5.40. The molecule has 0 amide bonds. The Morgan fingerprint density at radius 3 is 1.35 bits per heavy atom. The summed E-state index contributed by atoms with van der Waals surface area (Å²) in [6, 6.07) is 16.6. The molecule has 0 aromatic heterocycles. The second kappa shape index (κ2) is 9.06. The van der Waals surface area contributed by atoms with E-state index in [0.717, 1.165) is 0 Å². The molecule has 0 bridgehead atoms. The van der Waals surface area contributed by atoms with Crippen LogP contribution in [0.4, 0.5) is 0 Å². The summed E-state index contributed by atoms with van der Waals surface area (Å²) >= 11 is 0. The van der Waals surface area contributed by atoms with Crippen molar-refractivity contribution in [2.75, 3.05) is 0 Å². The summed E-state index contributed by atoms with van der Waals surface area (Å²) in [6.45, 7) is 7.14. The van der Waals surface area contributed by atoms with Crippen LogP contribution in [0.25, 0.3) is 32.7 Å². The molecule has 0 heterocycles. The molecule has 34 heavy (non-hydrogen) atoms. The molecule has 2 N–H and O–H groups in total. The third kappa shape index (κ3) is 4.39. The lowest BCUT2D eigenvalue weighted by Gasteiger charge is -2.15. The van der Waals surface area contributed by atoms with E-state index in [-0.39, 0.29) is 23.7 Å². The zero-order valence-corrected chi connectivity index (χ0v) is 19.5. The predicted molar refractivity (Wildman–Crippen MR) is 131 cm³/mol. The van der Waals surface area contributed by atoms with Crippen molar-refractivity contribution in [3.63, 3.8) is 0 Å². The van der Waals surface area contributed by atoms with Gasteiger partial charge >= 0.3 is 11.9 Å². The van der Waals surface area contributed by atoms with E-state index in [1.165, 1.54) is 12.1 Å². The van der Waals surface area contributed by atoms with Crippen LogP contribution in [0.1, 0.15) is 48.4 Å². The zero-order valence-electron chi connectivity index (χ0n) is 19.5. The molecule has 0 fully saturated rings. The van der Waals surface area contributed by atoms with E-state index in [4.69, 9.17) is 9.47 Å². The van der Waals surface area contributed by atoms with Crippen LogP contribution in [-0.4, -0.2) is 34.4 Å². The molecule has 0 spiro atoms. The first-order valence-corrected chi connectivity index (χ1v) is 11.1. The van der Waals surface area contributed by atoms with Gasteiger partial charge in [0.25, 0.3) is 0 Å². The normalized spacial score (nSPS) is 11.4. The Labute approximate surface area is 197 Å². The van der Waals surface area contributed by atoms with Crippen molar-refractivity contribution in [2.45, 2.75) is 39.9 Å². The summed E-state index contributed by atoms with van der Waals surface area (Å²) in [6.07, 6.45) is -0.483. The maximum absolute atomic E-state index is 12.4. The van der Waals surface area contributed by atoms with E-state index in [1.807, 2.05) is 0 Å². The molecule has 0 aliphatic heterocycles. The Morgan fingerprint density at radius 1 is 0.618 bits per heavy atom. The Morgan fingerprint density at radius 2 is 1.00 bits per heavy atom. The highest BCUT2D eigenvalue weighted by Crippen LogP contribution is 2.44. The molecular formula is C28H26O6. The minimum Gasteiger partial charge on any atom is -0.507 e. The minimum absolute atomic E-state index is 0.0175. The topological polar surface area (TPSA) is 93.1 Å². The van der Waals surface area contributed by atoms with Crippen LogP contribution >= 0.6 is 0 Å². The van der Waals surface area contributed by atoms with Gasteiger partial charge in [0.15, 0.2) is 0 Å². The van der Waals surface area contributed by atoms with Crippen LogP contribution in [0.3, 0.4) is 0 Å². The lowest BCUT2D eigenvalue weighted by molar-refractivity contribution is 0.0367. The minimum atomic E-state index is -0.430. The second-order valence-corrected chi connectivity index (χ2v) is 8.70. The van der Waals surface area contributed by atoms with Gasteiger partial charge in [0.05, 0.1) is 23.3 Å². The first kappa shape index (κ1) is 23.1. The number of rotatable bonds is 5. The van der Waals surface area contributed by atoms with Gasteiger partial charge < -0.3 is 19.7 Å². The molecule has 0 aliphatic carbocycles. The first-order chi connectivity index (χ1) is 16.2. The fourth-order valence-electron chi connectivity index (χ4n) is 3.98. The quantitative estimate of drug-likeness (QED) is 0.346. The van der Waals surface area contributed by atoms with E-state index in [9.17, 15) is 19.8 Å². The van der Waals surface area contributed by atoms with Gasteiger partial charge in [0.1, 0.15) is 11.5 Å². The van der Waals surface area contributed by atoms with E-state index >= 15 is 0 Å². The average Bonchev–Trinajstić information content (AvgIpc) is 2.78. The standard InChI is InChI=1S/C28H26O6/c1-15(2)33-27(31)19-5-9-21-17(13-19)7-11-23(29)25(21)26-22-10-6-20(28(32)34-16(3)4)14-18(22)8-12-24(26)30/h5-16,29-30H,1-4H3. The number of hydrogen-bond donors (Lipinski definition) is 2. The van der Waals surface area contributed by atoms with Crippen molar-refractivity contribution in [3.05, 3.63) is 71.8 Å². The lowest BCUT2D eigenvalue weighted by atomic mass is 9.91. The van der Waals surface area contributed by atoms with E-state index in [1.54, 1.807) is 76.2 Å². The van der Waals surface area contributed by atoms with Crippen molar-refractivity contribution in [1.29, 1.82) is 0 Å². The number of ether oxygens (including phenoxy) is 2. The number of benzene rings is 4. The molecule has 0 atom stereocenters. The molecule has 0 radical (unpaired) electrons. The highest BCUT2D eigenvalue weighted by molar-refractivity contribution is 6.11. The van der Waals surface area contributed by atoms with Crippen LogP contribution in [0.5, 0.6) is 11.5 Å². The molecule has 4 aromatic rings. The van der Waals surface area contributed by atoms with Gasteiger partial charge in [-0.05, 0) is 85.6 Å². The number of fused-ring (bicyclic) bond motifs is 2. The summed E-state index contributed by atoms with van der Waals surface area (Å²) < 4.78 is 10.6. The van der Waals surface area contributed by atoms with Gasteiger partial charge in [-0.3, -0.25) is 0 Å². The second-order valence-electron chi connectivity index (χ2n) is 8.70. The summed E-state index contributed by atoms with van der Waals surface area (Å²) in [5.74, 6) is -0.895. The highest BCUT2D eigenvalue weighted by Gasteiger charge is 2.19. The van der Waals surface area contributed by atoms with Crippen LogP contribution in [-0.2, 0) is 9.47 Å². The third-order valence-corrected chi connectivity index (χ3v) is 5.40. The molecular weight excluding hydrogens is 432 g/mol. The van der Waals surface area contributed by atoms with Crippen LogP contribution in [0.15, 0.2) is 60.7 Å². The van der Waals surface area contributed by atoms with Crippen molar-refractivity contribution >= 4 is 33.5 Å². The Bertz CT molecular complexity index is 1310. The summed E-state index contributed by atoms with van der Waals surface area (Å²) in [7, 11) is 0. The smallest absolute Gasteiger partial charge is 0.338 e. The molecule has 0 saturated heterocycles. The van der Waals surface area contributed by atoms with E-state index in [0.29, 0.717) is 43.8 Å². The molecule has 4 aromatic carbocycles. The van der Waals surface area contributed by atoms with Crippen LogP contribution < -0.4 is 0 Å². The van der Waals surface area contributed by atoms with Crippen molar-refractivity contribution in [2.24, 2.45) is 0 Å². The number of carbonyl (C=O) groups excluding carboxylic acids is 2. The number of phenols is 2. The van der Waals surface area contributed by atoms with Crippen LogP contribution in [0, 0.1) is 0 Å². The maximum Gasteiger partial charge on any atom is 0.338 e. The van der Waals surface area contributed by atoms with Crippen LogP contribution in [0.2, 0.25) is 0 Å². The average molecular weight is 459 g/mol. The monoisotopic (exact) mass is 458 g/mol. The van der Waals surface area contributed by atoms with Crippen molar-refractivity contribution in [1.82, 2.24) is 0 Å². The summed E-state index contributed by atoms with van der Waals surface area (Å²) in [4.78, 5) is 24.7. The predicted octanol–water partition coefficient (Wildman–Crippen LogP) is 6.20. The van der Waals surface area contributed by atoms with E-state index < -0.39 is 11.9 Å². The van der Waals surface area contributed by atoms with E-state index in [2.05, 4.69) is 0 Å². The Hall–Kier alpha value is -4.06. The number of aromatic hydroxyl groups is 2. The zero-order chi connectivity index (χ0) is 24.6. The Balaban J connectivity index is 1.89. The van der Waals surface area contributed by atoms with Crippen molar-refractivity contribution < 1.29 is 29.3 Å². The number of phenolic OH excluding ortho intramolecular Hbond substituents is 2. The molecule has 4 rings (SSSR count). The molecule has 0 aliphatic rings. The molecule has 0 saturated carbocycles. The van der Waals surface area contributed by atoms with Gasteiger partial charge in [-0.2, -0.15) is 0 Å². The van der Waals surface area contributed by atoms with Gasteiger partial charge in [0.2, 0.25) is 0 Å². The van der Waals surface area contributed by atoms with Gasteiger partial charge in [-0.25, -0.2) is 9.59 Å². The fourth-order valence-corrected chi connectivity index (χ4v) is 3.98. The molecule has 0 unspecified atom stereocenters. The SMILES string of the molecule is CC(C)OC(=O)c1ccc2c(-c3c(O)ccc4cc(C(=O)OC(C)C)ccc34)c(O)ccc2c1.